The number of aliphatic hydroxyl groups is 1. The van der Waals surface area contributed by atoms with E-state index in [1.165, 1.54) is 0 Å². The fourth-order valence-electron chi connectivity index (χ4n) is 1.89. The molecule has 0 aliphatic heterocycles. The van der Waals surface area contributed by atoms with Crippen molar-refractivity contribution in [3.05, 3.63) is 27.7 Å². The fourth-order valence-corrected chi connectivity index (χ4v) is 2.67. The molecule has 2 rings (SSSR count). The second kappa shape index (κ2) is 6.90. The topological polar surface area (TPSA) is 47.9 Å². The van der Waals surface area contributed by atoms with E-state index >= 15 is 0 Å². The highest BCUT2D eigenvalue weighted by atomic mass is 79.9. The number of ether oxygens (including phenoxy) is 3. The number of rotatable bonds is 6. The largest absolute Gasteiger partial charge is 0.486 e. The number of halogens is 2. The van der Waals surface area contributed by atoms with Crippen LogP contribution in [0.3, 0.4) is 0 Å². The Labute approximate surface area is 125 Å². The zero-order valence-electron chi connectivity index (χ0n) is 10.5. The average molecular weight is 352 g/mol. The maximum atomic E-state index is 9.69. The van der Waals surface area contributed by atoms with Crippen LogP contribution in [0.2, 0.25) is 5.02 Å². The Bertz CT molecular complexity index is 429. The maximum absolute atomic E-state index is 9.69. The lowest BCUT2D eigenvalue weighted by Gasteiger charge is -2.40. The zero-order valence-corrected chi connectivity index (χ0v) is 12.9. The molecule has 1 fully saturated rings. The molecule has 1 saturated carbocycles. The van der Waals surface area contributed by atoms with E-state index in [2.05, 4.69) is 15.9 Å². The molecule has 0 spiro atoms. The van der Waals surface area contributed by atoms with Crippen molar-refractivity contribution in [1.82, 2.24) is 0 Å². The third-order valence-corrected chi connectivity index (χ3v) is 3.84. The van der Waals surface area contributed by atoms with Crippen LogP contribution in [0.15, 0.2) is 22.7 Å². The Kier molecular flexibility index (Phi) is 5.47. The van der Waals surface area contributed by atoms with Gasteiger partial charge in [-0.2, -0.15) is 0 Å². The quantitative estimate of drug-likeness (QED) is 0.801. The molecule has 0 amide bonds. The van der Waals surface area contributed by atoms with Gasteiger partial charge in [0.05, 0.1) is 23.8 Å². The van der Waals surface area contributed by atoms with Crippen LogP contribution in [-0.4, -0.2) is 43.7 Å². The monoisotopic (exact) mass is 350 g/mol. The van der Waals surface area contributed by atoms with Gasteiger partial charge in [0, 0.05) is 18.6 Å². The third kappa shape index (κ3) is 3.83. The molecule has 6 heteroatoms. The third-order valence-electron chi connectivity index (χ3n) is 2.99. The molecule has 0 saturated heterocycles. The Hall–Kier alpha value is -0.330. The van der Waals surface area contributed by atoms with Crippen molar-refractivity contribution in [1.29, 1.82) is 0 Å². The molecule has 1 N–H and O–H groups in total. The minimum Gasteiger partial charge on any atom is -0.486 e. The summed E-state index contributed by atoms with van der Waals surface area (Å²) in [7, 11) is 1.61. The molecule has 4 nitrogen and oxygen atoms in total. The molecule has 1 aromatic rings. The first-order chi connectivity index (χ1) is 9.11. The van der Waals surface area contributed by atoms with Gasteiger partial charge in [0.15, 0.2) is 0 Å². The van der Waals surface area contributed by atoms with Gasteiger partial charge in [-0.05, 0) is 34.1 Å². The molecule has 0 radical (unpaired) electrons. The van der Waals surface area contributed by atoms with Gasteiger partial charge in [0.1, 0.15) is 18.0 Å². The summed E-state index contributed by atoms with van der Waals surface area (Å²) in [5.74, 6) is 0.696. The van der Waals surface area contributed by atoms with Crippen molar-refractivity contribution in [2.24, 2.45) is 0 Å². The second-order valence-electron chi connectivity index (χ2n) is 4.36. The Balaban J connectivity index is 1.91. The van der Waals surface area contributed by atoms with Crippen molar-refractivity contribution >= 4 is 27.5 Å². The number of hydrogen-bond acceptors (Lipinski definition) is 4. The van der Waals surface area contributed by atoms with Crippen LogP contribution in [0.1, 0.15) is 6.42 Å². The first-order valence-electron chi connectivity index (χ1n) is 6.02. The van der Waals surface area contributed by atoms with E-state index in [0.29, 0.717) is 30.4 Å². The fraction of sp³-hybridized carbons (Fsp3) is 0.538. The molecule has 19 heavy (non-hydrogen) atoms. The van der Waals surface area contributed by atoms with E-state index in [1.807, 2.05) is 0 Å². The van der Waals surface area contributed by atoms with Gasteiger partial charge in [0.2, 0.25) is 0 Å². The van der Waals surface area contributed by atoms with Gasteiger partial charge in [0.25, 0.3) is 0 Å². The highest BCUT2D eigenvalue weighted by molar-refractivity contribution is 9.10. The van der Waals surface area contributed by atoms with Crippen molar-refractivity contribution in [3.63, 3.8) is 0 Å². The molecular formula is C13H16BrClO4. The van der Waals surface area contributed by atoms with E-state index in [1.54, 1.807) is 25.3 Å². The predicted octanol–water partition coefficient (Wildman–Crippen LogP) is 2.65. The van der Waals surface area contributed by atoms with Crippen LogP contribution in [0.5, 0.6) is 5.75 Å². The maximum Gasteiger partial charge on any atom is 0.134 e. The van der Waals surface area contributed by atoms with E-state index < -0.39 is 6.10 Å². The van der Waals surface area contributed by atoms with Crippen LogP contribution in [0, 0.1) is 0 Å². The standard InChI is InChI=1S/C13H16BrClO4/c1-17-4-5-18-13-10(16)7-12(13)19-11-3-2-8(15)6-9(11)14/h2-3,6,10,12-13,16H,4-5,7H2,1H3. The molecule has 1 aliphatic rings. The van der Waals surface area contributed by atoms with E-state index in [9.17, 15) is 5.11 Å². The van der Waals surface area contributed by atoms with E-state index in [0.717, 1.165) is 4.47 Å². The van der Waals surface area contributed by atoms with Crippen molar-refractivity contribution in [2.45, 2.75) is 24.7 Å². The lowest BCUT2D eigenvalue weighted by atomic mass is 9.88. The number of benzene rings is 1. The van der Waals surface area contributed by atoms with Gasteiger partial charge in [-0.15, -0.1) is 0 Å². The molecule has 106 valence electrons. The summed E-state index contributed by atoms with van der Waals surface area (Å²) in [5.41, 5.74) is 0. The van der Waals surface area contributed by atoms with Gasteiger partial charge in [-0.25, -0.2) is 0 Å². The van der Waals surface area contributed by atoms with Crippen LogP contribution in [-0.2, 0) is 9.47 Å². The molecule has 0 heterocycles. The van der Waals surface area contributed by atoms with Crippen LogP contribution >= 0.6 is 27.5 Å². The molecular weight excluding hydrogens is 335 g/mol. The number of hydrogen-bond donors (Lipinski definition) is 1. The summed E-state index contributed by atoms with van der Waals surface area (Å²) in [6.07, 6.45) is -0.373. The van der Waals surface area contributed by atoms with E-state index in [4.69, 9.17) is 25.8 Å². The van der Waals surface area contributed by atoms with Crippen LogP contribution < -0.4 is 4.74 Å². The smallest absolute Gasteiger partial charge is 0.134 e. The Morgan fingerprint density at radius 3 is 2.84 bits per heavy atom. The highest BCUT2D eigenvalue weighted by Gasteiger charge is 2.43. The average Bonchev–Trinajstić information content (AvgIpc) is 2.37. The predicted molar refractivity (Wildman–Crippen MR) is 75.8 cm³/mol. The minimum atomic E-state index is -0.479. The van der Waals surface area contributed by atoms with Crippen LogP contribution in [0.4, 0.5) is 0 Å². The molecule has 0 aromatic heterocycles. The molecule has 1 aliphatic carbocycles. The van der Waals surface area contributed by atoms with Gasteiger partial charge in [-0.1, -0.05) is 11.6 Å². The summed E-state index contributed by atoms with van der Waals surface area (Å²) in [4.78, 5) is 0. The highest BCUT2D eigenvalue weighted by Crippen LogP contribution is 2.34. The van der Waals surface area contributed by atoms with Gasteiger partial charge in [-0.3, -0.25) is 0 Å². The Morgan fingerprint density at radius 2 is 2.21 bits per heavy atom. The SMILES string of the molecule is COCCOC1C(O)CC1Oc1ccc(Cl)cc1Br. The molecule has 1 aromatic carbocycles. The Morgan fingerprint density at radius 1 is 1.42 bits per heavy atom. The normalized spacial score (nSPS) is 26.0. The van der Waals surface area contributed by atoms with Crippen molar-refractivity contribution in [2.75, 3.05) is 20.3 Å². The summed E-state index contributed by atoms with van der Waals surface area (Å²) >= 11 is 9.27. The molecule has 0 bridgehead atoms. The summed E-state index contributed by atoms with van der Waals surface area (Å²) in [6.45, 7) is 0.945. The van der Waals surface area contributed by atoms with Crippen molar-refractivity contribution < 1.29 is 19.3 Å². The first-order valence-corrected chi connectivity index (χ1v) is 7.19. The van der Waals surface area contributed by atoms with Gasteiger partial charge < -0.3 is 19.3 Å². The second-order valence-corrected chi connectivity index (χ2v) is 5.65. The summed E-state index contributed by atoms with van der Waals surface area (Å²) in [5, 5.41) is 10.3. The van der Waals surface area contributed by atoms with Crippen molar-refractivity contribution in [3.8, 4) is 5.75 Å². The lowest BCUT2D eigenvalue weighted by molar-refractivity contribution is -0.167. The van der Waals surface area contributed by atoms with Crippen LogP contribution in [0.25, 0.3) is 0 Å². The number of aliphatic hydroxyl groups excluding tert-OH is 1. The van der Waals surface area contributed by atoms with Gasteiger partial charge >= 0.3 is 0 Å². The number of methoxy groups -OCH3 is 1. The minimum absolute atomic E-state index is 0.149. The molecule has 3 unspecified atom stereocenters. The zero-order chi connectivity index (χ0) is 13.8. The molecule has 3 atom stereocenters. The van der Waals surface area contributed by atoms with E-state index in [-0.39, 0.29) is 12.2 Å². The first kappa shape index (κ1) is 15.1. The summed E-state index contributed by atoms with van der Waals surface area (Å²) in [6, 6.07) is 5.33. The summed E-state index contributed by atoms with van der Waals surface area (Å²) < 4.78 is 17.1. The lowest BCUT2D eigenvalue weighted by Crippen LogP contribution is -2.55.